The molecule has 1 aromatic carbocycles. The van der Waals surface area contributed by atoms with Crippen LogP contribution in [0.5, 0.6) is 0 Å². The van der Waals surface area contributed by atoms with Gasteiger partial charge in [-0.05, 0) is 43.0 Å². The average molecular weight is 291 g/mol. The minimum Gasteiger partial charge on any atom is -0.347 e. The van der Waals surface area contributed by atoms with Crippen molar-refractivity contribution in [2.45, 2.75) is 32.4 Å². The summed E-state index contributed by atoms with van der Waals surface area (Å²) in [6.45, 7) is 0.896. The lowest BCUT2D eigenvalue weighted by molar-refractivity contribution is 0.0945. The van der Waals surface area contributed by atoms with Gasteiger partial charge in [-0.1, -0.05) is 0 Å². The molecule has 0 unspecified atom stereocenters. The second-order valence-electron chi connectivity index (χ2n) is 5.16. The van der Waals surface area contributed by atoms with Gasteiger partial charge < -0.3 is 5.32 Å². The van der Waals surface area contributed by atoms with E-state index >= 15 is 0 Å². The predicted octanol–water partition coefficient (Wildman–Crippen LogP) is 2.43. The molecule has 0 atom stereocenters. The molecule has 21 heavy (non-hydrogen) atoms. The van der Waals surface area contributed by atoms with Crippen LogP contribution in [-0.2, 0) is 19.5 Å². The predicted molar refractivity (Wildman–Crippen MR) is 72.7 cm³/mol. The van der Waals surface area contributed by atoms with E-state index in [0.29, 0.717) is 11.3 Å². The Morgan fingerprint density at radius 2 is 1.95 bits per heavy atom. The Balaban J connectivity index is 1.67. The molecule has 1 aliphatic rings. The standard InChI is InChI=1S/C15H15F2N3O/c16-11-5-10(6-12(17)7-11)9-18-15(21)14-8-13-3-1-2-4-20(13)19-14/h5-8H,1-4,9H2,(H,18,21). The zero-order valence-electron chi connectivity index (χ0n) is 11.4. The zero-order valence-corrected chi connectivity index (χ0v) is 11.4. The number of carbonyl (C=O) groups excluding carboxylic acids is 1. The van der Waals surface area contributed by atoms with E-state index in [1.807, 2.05) is 4.68 Å². The van der Waals surface area contributed by atoms with Crippen molar-refractivity contribution in [2.24, 2.45) is 0 Å². The van der Waals surface area contributed by atoms with Crippen molar-refractivity contribution < 1.29 is 13.6 Å². The lowest BCUT2D eigenvalue weighted by Crippen LogP contribution is -2.23. The maximum absolute atomic E-state index is 13.1. The third-order valence-corrected chi connectivity index (χ3v) is 3.52. The van der Waals surface area contributed by atoms with Crippen LogP contribution in [0.2, 0.25) is 0 Å². The van der Waals surface area contributed by atoms with Crippen LogP contribution in [0, 0.1) is 11.6 Å². The van der Waals surface area contributed by atoms with Crippen LogP contribution >= 0.6 is 0 Å². The van der Waals surface area contributed by atoms with Crippen molar-refractivity contribution in [1.82, 2.24) is 15.1 Å². The molecular weight excluding hydrogens is 276 g/mol. The molecule has 1 amide bonds. The molecule has 0 fully saturated rings. The van der Waals surface area contributed by atoms with E-state index in [-0.39, 0.29) is 12.5 Å². The molecule has 0 bridgehead atoms. The van der Waals surface area contributed by atoms with Crippen LogP contribution in [0.3, 0.4) is 0 Å². The SMILES string of the molecule is O=C(NCc1cc(F)cc(F)c1)c1cc2n(n1)CCCC2. The Kier molecular flexibility index (Phi) is 3.68. The number of carbonyl (C=O) groups is 1. The Hall–Kier alpha value is -2.24. The largest absolute Gasteiger partial charge is 0.347 e. The van der Waals surface area contributed by atoms with Crippen molar-refractivity contribution in [3.63, 3.8) is 0 Å². The number of amides is 1. The van der Waals surface area contributed by atoms with Gasteiger partial charge in [0.05, 0.1) is 0 Å². The molecular formula is C15H15F2N3O. The van der Waals surface area contributed by atoms with Crippen LogP contribution in [-0.4, -0.2) is 15.7 Å². The summed E-state index contributed by atoms with van der Waals surface area (Å²) in [5.41, 5.74) is 1.79. The van der Waals surface area contributed by atoms with Crippen LogP contribution in [0.4, 0.5) is 8.78 Å². The first-order valence-corrected chi connectivity index (χ1v) is 6.92. The maximum atomic E-state index is 13.1. The normalized spacial score (nSPS) is 13.8. The zero-order chi connectivity index (χ0) is 14.8. The number of rotatable bonds is 3. The molecule has 0 saturated carbocycles. The number of benzene rings is 1. The fourth-order valence-corrected chi connectivity index (χ4v) is 2.51. The summed E-state index contributed by atoms with van der Waals surface area (Å²) in [7, 11) is 0. The highest BCUT2D eigenvalue weighted by Crippen LogP contribution is 2.15. The molecule has 2 aromatic rings. The van der Waals surface area contributed by atoms with Crippen molar-refractivity contribution in [1.29, 1.82) is 0 Å². The number of hydrogen-bond donors (Lipinski definition) is 1. The molecule has 0 radical (unpaired) electrons. The smallest absolute Gasteiger partial charge is 0.272 e. The molecule has 3 rings (SSSR count). The first kappa shape index (κ1) is 13.7. The third kappa shape index (κ3) is 3.09. The van der Waals surface area contributed by atoms with Crippen LogP contribution < -0.4 is 5.32 Å². The van der Waals surface area contributed by atoms with E-state index < -0.39 is 11.6 Å². The highest BCUT2D eigenvalue weighted by Gasteiger charge is 2.16. The van der Waals surface area contributed by atoms with Crippen molar-refractivity contribution in [2.75, 3.05) is 0 Å². The number of halogens is 2. The first-order chi connectivity index (χ1) is 10.1. The summed E-state index contributed by atoms with van der Waals surface area (Å²) in [4.78, 5) is 12.0. The number of nitrogens with one attached hydrogen (secondary N) is 1. The van der Waals surface area contributed by atoms with E-state index in [2.05, 4.69) is 10.4 Å². The maximum Gasteiger partial charge on any atom is 0.272 e. The van der Waals surface area contributed by atoms with Crippen LogP contribution in [0.15, 0.2) is 24.3 Å². The van der Waals surface area contributed by atoms with Gasteiger partial charge in [0.15, 0.2) is 0 Å². The van der Waals surface area contributed by atoms with Gasteiger partial charge in [0, 0.05) is 24.8 Å². The van der Waals surface area contributed by atoms with Gasteiger partial charge in [0.25, 0.3) is 5.91 Å². The summed E-state index contributed by atoms with van der Waals surface area (Å²) in [6, 6.07) is 4.97. The Labute approximate surface area is 120 Å². The minimum atomic E-state index is -0.656. The average Bonchev–Trinajstić information content (AvgIpc) is 2.87. The van der Waals surface area contributed by atoms with E-state index in [9.17, 15) is 13.6 Å². The molecule has 0 saturated heterocycles. The Morgan fingerprint density at radius 1 is 1.19 bits per heavy atom. The van der Waals surface area contributed by atoms with E-state index in [0.717, 1.165) is 37.6 Å². The van der Waals surface area contributed by atoms with Gasteiger partial charge in [-0.15, -0.1) is 0 Å². The van der Waals surface area contributed by atoms with Gasteiger partial charge in [-0.3, -0.25) is 9.48 Å². The van der Waals surface area contributed by atoms with Crippen LogP contribution in [0.1, 0.15) is 34.6 Å². The van der Waals surface area contributed by atoms with Gasteiger partial charge in [0.2, 0.25) is 0 Å². The lowest BCUT2D eigenvalue weighted by Gasteiger charge is -2.11. The summed E-state index contributed by atoms with van der Waals surface area (Å²) in [6.07, 6.45) is 3.10. The number of fused-ring (bicyclic) bond motifs is 1. The van der Waals surface area contributed by atoms with Gasteiger partial charge in [-0.25, -0.2) is 8.78 Å². The highest BCUT2D eigenvalue weighted by molar-refractivity contribution is 5.92. The molecule has 1 aromatic heterocycles. The molecule has 110 valence electrons. The minimum absolute atomic E-state index is 0.0652. The second kappa shape index (κ2) is 5.63. The van der Waals surface area contributed by atoms with E-state index in [1.54, 1.807) is 6.07 Å². The molecule has 1 aliphatic heterocycles. The number of aromatic nitrogens is 2. The third-order valence-electron chi connectivity index (χ3n) is 3.52. The van der Waals surface area contributed by atoms with Crippen molar-refractivity contribution in [3.05, 3.63) is 52.9 Å². The number of nitrogens with zero attached hydrogens (tertiary/aromatic N) is 2. The summed E-state index contributed by atoms with van der Waals surface area (Å²) >= 11 is 0. The van der Waals surface area contributed by atoms with Gasteiger partial charge >= 0.3 is 0 Å². The van der Waals surface area contributed by atoms with Crippen LogP contribution in [0.25, 0.3) is 0 Å². The Bertz CT molecular complexity index is 638. The first-order valence-electron chi connectivity index (χ1n) is 6.92. The fraction of sp³-hybridized carbons (Fsp3) is 0.333. The monoisotopic (exact) mass is 291 g/mol. The quantitative estimate of drug-likeness (QED) is 0.944. The van der Waals surface area contributed by atoms with Crippen molar-refractivity contribution in [3.8, 4) is 0 Å². The molecule has 0 spiro atoms. The second-order valence-corrected chi connectivity index (χ2v) is 5.16. The molecule has 6 heteroatoms. The van der Waals surface area contributed by atoms with Crippen molar-refractivity contribution >= 4 is 5.91 Å². The number of aryl methyl sites for hydroxylation is 2. The number of hydrogen-bond acceptors (Lipinski definition) is 2. The summed E-state index contributed by atoms with van der Waals surface area (Å²) in [5, 5.41) is 6.89. The summed E-state index contributed by atoms with van der Waals surface area (Å²) < 4.78 is 28.0. The van der Waals surface area contributed by atoms with Gasteiger partial charge in [0.1, 0.15) is 17.3 Å². The summed E-state index contributed by atoms with van der Waals surface area (Å²) in [5.74, 6) is -1.64. The highest BCUT2D eigenvalue weighted by atomic mass is 19.1. The van der Waals surface area contributed by atoms with Gasteiger partial charge in [-0.2, -0.15) is 5.10 Å². The molecule has 0 aliphatic carbocycles. The topological polar surface area (TPSA) is 46.9 Å². The molecule has 1 N–H and O–H groups in total. The molecule has 2 heterocycles. The fourth-order valence-electron chi connectivity index (χ4n) is 2.51. The Morgan fingerprint density at radius 3 is 2.67 bits per heavy atom. The molecule has 4 nitrogen and oxygen atoms in total. The van der Waals surface area contributed by atoms with E-state index in [4.69, 9.17) is 0 Å². The lowest BCUT2D eigenvalue weighted by atomic mass is 10.1. The van der Waals surface area contributed by atoms with E-state index in [1.165, 1.54) is 12.1 Å².